The van der Waals surface area contributed by atoms with Crippen molar-refractivity contribution in [2.24, 2.45) is 0 Å². The Morgan fingerprint density at radius 2 is 1.42 bits per heavy atom. The maximum Gasteiger partial charge on any atom is 0.192 e. The monoisotopic (exact) mass is 372 g/mol. The van der Waals surface area contributed by atoms with Crippen LogP contribution in [0.15, 0.2) is 11.6 Å². The van der Waals surface area contributed by atoms with E-state index in [4.69, 9.17) is 8.85 Å². The van der Waals surface area contributed by atoms with Crippen molar-refractivity contribution in [3.63, 3.8) is 0 Å². The van der Waals surface area contributed by atoms with Gasteiger partial charge in [0.25, 0.3) is 0 Å². The summed E-state index contributed by atoms with van der Waals surface area (Å²) in [5.74, 6) is 0. The first-order valence-corrected chi connectivity index (χ1v) is 14.8. The molecule has 0 fully saturated rings. The summed E-state index contributed by atoms with van der Waals surface area (Å²) in [6.45, 7) is 25.0. The van der Waals surface area contributed by atoms with Crippen LogP contribution < -0.4 is 0 Å². The molecule has 3 nitrogen and oxygen atoms in total. The Balaban J connectivity index is 5.18. The quantitative estimate of drug-likeness (QED) is 0.301. The summed E-state index contributed by atoms with van der Waals surface area (Å²) in [5, 5.41) is 0.342. The minimum absolute atomic E-state index is 0.00918. The normalized spacial score (nSPS) is 16.2. The van der Waals surface area contributed by atoms with E-state index in [1.165, 1.54) is 0 Å². The zero-order valence-electron chi connectivity index (χ0n) is 17.9. The van der Waals surface area contributed by atoms with Crippen molar-refractivity contribution in [2.75, 3.05) is 6.61 Å². The summed E-state index contributed by atoms with van der Waals surface area (Å²) in [6, 6.07) is 0. The fraction of sp³-hybridized carbons (Fsp3) is 0.842. The zero-order valence-corrected chi connectivity index (χ0v) is 19.9. The van der Waals surface area contributed by atoms with E-state index in [9.17, 15) is 4.79 Å². The van der Waals surface area contributed by atoms with E-state index in [1.54, 1.807) is 0 Å². The molecule has 1 atom stereocenters. The van der Waals surface area contributed by atoms with Gasteiger partial charge in [0.2, 0.25) is 0 Å². The molecular formula is C19H40O3Si2. The van der Waals surface area contributed by atoms with Crippen molar-refractivity contribution in [1.82, 2.24) is 0 Å². The van der Waals surface area contributed by atoms with Gasteiger partial charge < -0.3 is 8.85 Å². The summed E-state index contributed by atoms with van der Waals surface area (Å²) < 4.78 is 13.0. The van der Waals surface area contributed by atoms with Crippen LogP contribution in [0.2, 0.25) is 36.3 Å². The largest absolute Gasteiger partial charge is 0.414 e. The van der Waals surface area contributed by atoms with Crippen LogP contribution in [0.4, 0.5) is 0 Å². The Morgan fingerprint density at radius 1 is 0.958 bits per heavy atom. The number of carbonyl (C=O) groups is 1. The van der Waals surface area contributed by atoms with Gasteiger partial charge in [-0.3, -0.25) is 4.79 Å². The number of aldehydes is 1. The van der Waals surface area contributed by atoms with Crippen LogP contribution in [-0.4, -0.2) is 35.6 Å². The van der Waals surface area contributed by atoms with Crippen molar-refractivity contribution in [3.8, 4) is 0 Å². The predicted molar refractivity (Wildman–Crippen MR) is 110 cm³/mol. The number of rotatable bonds is 8. The van der Waals surface area contributed by atoms with Gasteiger partial charge in [0, 0.05) is 0 Å². The molecule has 0 saturated carbocycles. The van der Waals surface area contributed by atoms with Crippen LogP contribution in [0, 0.1) is 0 Å². The molecule has 5 heteroatoms. The van der Waals surface area contributed by atoms with Gasteiger partial charge in [0.15, 0.2) is 16.6 Å². The minimum atomic E-state index is -1.87. The summed E-state index contributed by atoms with van der Waals surface area (Å²) in [6.07, 6.45) is 3.61. The first-order valence-electron chi connectivity index (χ1n) is 8.97. The molecule has 0 aromatic rings. The van der Waals surface area contributed by atoms with E-state index < -0.39 is 16.6 Å². The Bertz CT molecular complexity index is 441. The maximum absolute atomic E-state index is 10.9. The van der Waals surface area contributed by atoms with Gasteiger partial charge in [-0.1, -0.05) is 47.6 Å². The van der Waals surface area contributed by atoms with Crippen LogP contribution in [0.1, 0.15) is 54.9 Å². The average Bonchev–Trinajstić information content (AvgIpc) is 2.38. The van der Waals surface area contributed by atoms with Gasteiger partial charge >= 0.3 is 0 Å². The predicted octanol–water partition coefficient (Wildman–Crippen LogP) is 5.93. The summed E-state index contributed by atoms with van der Waals surface area (Å²) in [7, 11) is -3.68. The first-order chi connectivity index (χ1) is 10.5. The lowest BCUT2D eigenvalue weighted by Crippen LogP contribution is -2.47. The van der Waals surface area contributed by atoms with Crippen LogP contribution in [0.25, 0.3) is 0 Å². The molecule has 24 heavy (non-hydrogen) atoms. The van der Waals surface area contributed by atoms with Gasteiger partial charge in [0.05, 0.1) is 12.7 Å². The molecule has 0 bridgehead atoms. The maximum atomic E-state index is 10.9. The Labute approximate surface area is 152 Å². The number of hydrogen-bond acceptors (Lipinski definition) is 3. The van der Waals surface area contributed by atoms with E-state index in [0.717, 1.165) is 18.3 Å². The third kappa shape index (κ3) is 7.34. The Morgan fingerprint density at radius 3 is 1.79 bits per heavy atom. The molecule has 0 aliphatic rings. The SMILES string of the molecule is C/C(C=O)=C\C[C@H](CO[Si](C)(C)C(C)(C)C)O[Si](C)(C)C(C)(C)C. The van der Waals surface area contributed by atoms with E-state index in [0.29, 0.717) is 6.61 Å². The van der Waals surface area contributed by atoms with Crippen LogP contribution in [0.3, 0.4) is 0 Å². The minimum Gasteiger partial charge on any atom is -0.414 e. The van der Waals surface area contributed by atoms with Crippen molar-refractivity contribution in [3.05, 3.63) is 11.6 Å². The third-order valence-corrected chi connectivity index (χ3v) is 14.6. The number of allylic oxidation sites excluding steroid dienone is 1. The fourth-order valence-electron chi connectivity index (χ4n) is 1.63. The summed E-state index contributed by atoms with van der Waals surface area (Å²) >= 11 is 0. The lowest BCUT2D eigenvalue weighted by Gasteiger charge is -2.41. The van der Waals surface area contributed by atoms with Crippen LogP contribution in [0.5, 0.6) is 0 Å². The standard InChI is InChI=1S/C19H40O3Si2/c1-16(14-20)12-13-17(22-24(10,11)19(5,6)7)15-21-23(8,9)18(2,3)4/h12,14,17H,13,15H2,1-11H3/b16-12+/t17-/m1/s1. The molecule has 0 aromatic heterocycles. The summed E-state index contributed by atoms with van der Waals surface area (Å²) in [4.78, 5) is 10.9. The fourth-order valence-corrected chi connectivity index (χ4v) is 4.01. The lowest BCUT2D eigenvalue weighted by atomic mass is 10.2. The third-order valence-electron chi connectivity index (χ3n) is 5.59. The molecule has 0 heterocycles. The molecule has 0 rings (SSSR count). The van der Waals surface area contributed by atoms with Crippen molar-refractivity contribution >= 4 is 22.9 Å². The highest BCUT2D eigenvalue weighted by atomic mass is 28.4. The smallest absolute Gasteiger partial charge is 0.192 e. The zero-order chi connectivity index (χ0) is 19.4. The molecule has 0 N–H and O–H groups in total. The molecule has 0 spiro atoms. The second-order valence-electron chi connectivity index (χ2n) is 9.87. The molecule has 0 aromatic carbocycles. The molecule has 0 amide bonds. The van der Waals surface area contributed by atoms with Crippen LogP contribution in [-0.2, 0) is 13.6 Å². The highest BCUT2D eigenvalue weighted by Crippen LogP contribution is 2.39. The molecule has 0 aliphatic carbocycles. The Kier molecular flexibility index (Phi) is 8.35. The molecule has 0 radical (unpaired) electrons. The van der Waals surface area contributed by atoms with Gasteiger partial charge in [-0.25, -0.2) is 0 Å². The van der Waals surface area contributed by atoms with E-state index >= 15 is 0 Å². The molecule has 142 valence electrons. The highest BCUT2D eigenvalue weighted by Gasteiger charge is 2.41. The van der Waals surface area contributed by atoms with Gasteiger partial charge in [-0.15, -0.1) is 0 Å². The number of hydrogen-bond donors (Lipinski definition) is 0. The lowest BCUT2D eigenvalue weighted by molar-refractivity contribution is -0.104. The van der Waals surface area contributed by atoms with E-state index in [-0.39, 0.29) is 16.2 Å². The van der Waals surface area contributed by atoms with Gasteiger partial charge in [0.1, 0.15) is 6.29 Å². The average molecular weight is 373 g/mol. The molecule has 0 saturated heterocycles. The van der Waals surface area contributed by atoms with Crippen molar-refractivity contribution in [1.29, 1.82) is 0 Å². The second-order valence-corrected chi connectivity index (χ2v) is 19.4. The van der Waals surface area contributed by atoms with Crippen molar-refractivity contribution in [2.45, 2.75) is 97.3 Å². The van der Waals surface area contributed by atoms with E-state index in [2.05, 4.69) is 67.7 Å². The Hall–Kier alpha value is -0.236. The molecule has 0 aliphatic heterocycles. The second kappa shape index (κ2) is 8.43. The molecule has 0 unspecified atom stereocenters. The van der Waals surface area contributed by atoms with E-state index in [1.807, 2.05) is 13.0 Å². The first kappa shape index (κ1) is 23.8. The highest BCUT2D eigenvalue weighted by molar-refractivity contribution is 6.74. The number of carbonyl (C=O) groups excluding carboxylic acids is 1. The van der Waals surface area contributed by atoms with Gasteiger partial charge in [-0.2, -0.15) is 0 Å². The summed E-state index contributed by atoms with van der Waals surface area (Å²) in [5.41, 5.74) is 0.756. The van der Waals surface area contributed by atoms with Crippen LogP contribution >= 0.6 is 0 Å². The van der Waals surface area contributed by atoms with Crippen molar-refractivity contribution < 1.29 is 13.6 Å². The topological polar surface area (TPSA) is 35.5 Å². The molecular weight excluding hydrogens is 332 g/mol. The van der Waals surface area contributed by atoms with Gasteiger partial charge in [-0.05, 0) is 55.2 Å².